The summed E-state index contributed by atoms with van der Waals surface area (Å²) in [7, 11) is 0. The van der Waals surface area contributed by atoms with Gasteiger partial charge in [-0.15, -0.1) is 0 Å². The topological polar surface area (TPSA) is 0 Å². The van der Waals surface area contributed by atoms with Crippen LogP contribution in [-0.4, -0.2) is 5.75 Å². The molecule has 0 spiro atoms. The summed E-state index contributed by atoms with van der Waals surface area (Å²) in [4.78, 5) is 0. The largest absolute Gasteiger partial charge is 0.179 e. The Kier molecular flexibility index (Phi) is 540. The second-order valence-electron chi connectivity index (χ2n) is 0.724. The second kappa shape index (κ2) is 220. The van der Waals surface area contributed by atoms with Crippen molar-refractivity contribution in [3.8, 4) is 0 Å². The van der Waals surface area contributed by atoms with E-state index in [4.69, 9.17) is 0 Å². The predicted molar refractivity (Wildman–Crippen MR) is 69.5 cm³/mol. The van der Waals surface area contributed by atoms with Crippen LogP contribution in [0.2, 0.25) is 0 Å². The molecule has 0 aliphatic carbocycles. The molecule has 0 aromatic rings. The molecule has 0 fully saturated rings. The van der Waals surface area contributed by atoms with Crippen LogP contribution in [0, 0.1) is 0 Å². The zero-order valence-electron chi connectivity index (χ0n) is 10.9. The first kappa shape index (κ1) is 29.4. The summed E-state index contributed by atoms with van der Waals surface area (Å²) in [5.41, 5.74) is 0. The van der Waals surface area contributed by atoms with Crippen LogP contribution in [0.25, 0.3) is 0 Å². The minimum atomic E-state index is 1.01. The van der Waals surface area contributed by atoms with Crippen LogP contribution < -0.4 is 0 Å². The molecule has 0 radical (unpaired) electrons. The fourth-order valence-corrected chi connectivity index (χ4v) is 0. The van der Waals surface area contributed by atoms with Crippen molar-refractivity contribution in [1.29, 1.82) is 0 Å². The Labute approximate surface area is 87.6 Å². The van der Waals surface area contributed by atoms with Crippen molar-refractivity contribution in [2.75, 3.05) is 5.75 Å². The maximum Gasteiger partial charge on any atom is -0.0101 e. The smallest absolute Gasteiger partial charge is 0.0101 e. The number of thiol groups is 1. The third-order valence-corrected chi connectivity index (χ3v) is 0.671. The van der Waals surface area contributed by atoms with E-state index in [1.54, 1.807) is 0 Å². The highest BCUT2D eigenvalue weighted by atomic mass is 32.1. The highest BCUT2D eigenvalue weighted by Crippen LogP contribution is 1.74. The van der Waals surface area contributed by atoms with Crippen molar-refractivity contribution >= 4 is 12.6 Å². The summed E-state index contributed by atoms with van der Waals surface area (Å²) in [5.74, 6) is 1.01. The van der Waals surface area contributed by atoms with E-state index in [9.17, 15) is 0 Å². The zero-order chi connectivity index (χ0) is 11.4. The fraction of sp³-hybridized carbons (Fsp3) is 1.00. The van der Waals surface area contributed by atoms with Crippen LogP contribution in [0.1, 0.15) is 68.7 Å². The van der Waals surface area contributed by atoms with Gasteiger partial charge < -0.3 is 0 Å². The third-order valence-electron chi connectivity index (χ3n) is 0.224. The van der Waals surface area contributed by atoms with Gasteiger partial charge in [-0.05, 0) is 12.2 Å². The maximum absolute atomic E-state index is 3.92. The van der Waals surface area contributed by atoms with E-state index in [0.29, 0.717) is 0 Å². The molecule has 0 unspecified atom stereocenters. The van der Waals surface area contributed by atoms with Crippen molar-refractivity contribution in [3.05, 3.63) is 0 Å². The molecule has 0 aromatic heterocycles. The van der Waals surface area contributed by atoms with Crippen LogP contribution in [0.4, 0.5) is 0 Å². The van der Waals surface area contributed by atoms with Crippen LogP contribution in [0.5, 0.6) is 0 Å². The minimum Gasteiger partial charge on any atom is -0.179 e. The van der Waals surface area contributed by atoms with Gasteiger partial charge in [0.15, 0.2) is 0 Å². The summed E-state index contributed by atoms with van der Waals surface area (Å²) < 4.78 is 0. The molecule has 0 heterocycles. The highest BCUT2D eigenvalue weighted by molar-refractivity contribution is 7.80. The first-order valence-electron chi connectivity index (χ1n) is 5.52. The summed E-state index contributed by atoms with van der Waals surface area (Å²) >= 11 is 3.92. The van der Waals surface area contributed by atoms with E-state index in [1.165, 1.54) is 6.42 Å². The van der Waals surface area contributed by atoms with Crippen molar-refractivity contribution < 1.29 is 0 Å². The van der Waals surface area contributed by atoms with Gasteiger partial charge in [0.2, 0.25) is 0 Å². The normalized spacial score (nSPS) is 4.50. The molecule has 0 amide bonds. The quantitative estimate of drug-likeness (QED) is 0.531. The zero-order valence-corrected chi connectivity index (χ0v) is 11.8. The Morgan fingerprint density at radius 2 is 0.750 bits per heavy atom. The first-order chi connectivity index (χ1) is 5.91. The van der Waals surface area contributed by atoms with Gasteiger partial charge in [0.25, 0.3) is 0 Å². The van der Waals surface area contributed by atoms with Gasteiger partial charge >= 0.3 is 0 Å². The summed E-state index contributed by atoms with van der Waals surface area (Å²) in [6.07, 6.45) is 1.18. The monoisotopic (exact) mass is 196 g/mol. The number of rotatable bonds is 1. The first-order valence-corrected chi connectivity index (χ1v) is 6.16. The van der Waals surface area contributed by atoms with Gasteiger partial charge in [0.05, 0.1) is 0 Å². The summed E-state index contributed by atoms with van der Waals surface area (Å²) in [6, 6.07) is 0. The van der Waals surface area contributed by atoms with Gasteiger partial charge in [0, 0.05) is 0 Å². The molecule has 12 heavy (non-hydrogen) atoms. The number of hydrogen-bond donors (Lipinski definition) is 1. The molecule has 0 aromatic carbocycles. The standard InChI is InChI=1S/C3H8S.4C2H6/c1-2-3-4;4*1-2/h4H,2-3H2,1H3;4*1-2H3. The molecule has 0 atom stereocenters. The second-order valence-corrected chi connectivity index (χ2v) is 1.17. The average Bonchev–Trinajstić information content (AvgIpc) is 2.29. The van der Waals surface area contributed by atoms with E-state index >= 15 is 0 Å². The van der Waals surface area contributed by atoms with Gasteiger partial charge in [0.1, 0.15) is 0 Å². The third kappa shape index (κ3) is 496. The molecule has 1 heteroatoms. The lowest BCUT2D eigenvalue weighted by Gasteiger charge is -1.67. The van der Waals surface area contributed by atoms with E-state index in [1.807, 2.05) is 55.4 Å². The van der Waals surface area contributed by atoms with Gasteiger partial charge in [-0.25, -0.2) is 0 Å². The summed E-state index contributed by atoms with van der Waals surface area (Å²) in [6.45, 7) is 18.1. The van der Waals surface area contributed by atoms with Crippen LogP contribution in [0.15, 0.2) is 0 Å². The average molecular weight is 196 g/mol. The highest BCUT2D eigenvalue weighted by Gasteiger charge is 1.57. The minimum absolute atomic E-state index is 1.01. The molecule has 0 rings (SSSR count). The molecule has 0 nitrogen and oxygen atoms in total. The molecule has 0 aliphatic heterocycles. The summed E-state index contributed by atoms with van der Waals surface area (Å²) in [5, 5.41) is 0. The Hall–Kier alpha value is 0.350. The van der Waals surface area contributed by atoms with E-state index in [2.05, 4.69) is 19.6 Å². The maximum atomic E-state index is 3.92. The van der Waals surface area contributed by atoms with Crippen molar-refractivity contribution in [2.45, 2.75) is 68.7 Å². The molecule has 0 saturated heterocycles. The lowest BCUT2D eigenvalue weighted by atomic mass is 10.6. The van der Waals surface area contributed by atoms with Crippen LogP contribution >= 0.6 is 12.6 Å². The van der Waals surface area contributed by atoms with Gasteiger partial charge in [-0.1, -0.05) is 62.3 Å². The van der Waals surface area contributed by atoms with Crippen molar-refractivity contribution in [1.82, 2.24) is 0 Å². The molecule has 0 aliphatic rings. The van der Waals surface area contributed by atoms with E-state index in [0.717, 1.165) is 5.75 Å². The lowest BCUT2D eigenvalue weighted by molar-refractivity contribution is 1.11. The fourth-order valence-electron chi connectivity index (χ4n) is 0. The molecular formula is C11H32S. The Morgan fingerprint density at radius 3 is 0.750 bits per heavy atom. The molecule has 0 N–H and O–H groups in total. The lowest BCUT2D eigenvalue weighted by Crippen LogP contribution is -1.56. The van der Waals surface area contributed by atoms with Gasteiger partial charge in [-0.3, -0.25) is 0 Å². The van der Waals surface area contributed by atoms with E-state index in [-0.39, 0.29) is 0 Å². The molecule has 0 bridgehead atoms. The Morgan fingerprint density at radius 1 is 0.667 bits per heavy atom. The van der Waals surface area contributed by atoms with Crippen molar-refractivity contribution in [2.24, 2.45) is 0 Å². The van der Waals surface area contributed by atoms with Crippen molar-refractivity contribution in [3.63, 3.8) is 0 Å². The van der Waals surface area contributed by atoms with Crippen LogP contribution in [-0.2, 0) is 0 Å². The molecular weight excluding hydrogens is 164 g/mol. The van der Waals surface area contributed by atoms with Gasteiger partial charge in [-0.2, -0.15) is 12.6 Å². The van der Waals surface area contributed by atoms with Crippen LogP contribution in [0.3, 0.4) is 0 Å². The Bertz CT molecular complexity index is 6.97. The number of hydrogen-bond acceptors (Lipinski definition) is 1. The Balaban J connectivity index is -0.0000000181. The SMILES string of the molecule is CC.CC.CC.CC.CCCS. The molecule has 0 saturated carbocycles. The van der Waals surface area contributed by atoms with E-state index < -0.39 is 0 Å². The predicted octanol–water partition coefficient (Wildman–Crippen LogP) is 5.43. The molecule has 82 valence electrons.